The van der Waals surface area contributed by atoms with Gasteiger partial charge in [0.15, 0.2) is 0 Å². The lowest BCUT2D eigenvalue weighted by atomic mass is 10.1. The van der Waals surface area contributed by atoms with Crippen molar-refractivity contribution in [1.29, 1.82) is 0 Å². The molecule has 1 aliphatic rings. The summed E-state index contributed by atoms with van der Waals surface area (Å²) in [4.78, 5) is 11.1. The molecule has 1 saturated heterocycles. The quantitative estimate of drug-likeness (QED) is 0.674. The average molecular weight is 360 g/mol. The number of pyridine rings is 1. The van der Waals surface area contributed by atoms with Crippen LogP contribution < -0.4 is 4.90 Å². The van der Waals surface area contributed by atoms with Crippen molar-refractivity contribution in [3.63, 3.8) is 0 Å². The molecule has 3 heterocycles. The van der Waals surface area contributed by atoms with Gasteiger partial charge < -0.3 is 9.80 Å². The fourth-order valence-electron chi connectivity index (χ4n) is 3.15. The van der Waals surface area contributed by atoms with Crippen LogP contribution in [0.3, 0.4) is 0 Å². The van der Waals surface area contributed by atoms with Gasteiger partial charge >= 0.3 is 0 Å². The normalized spacial score (nSPS) is 15.5. The highest BCUT2D eigenvalue weighted by atomic mass is 35.5. The number of hydrogen-bond acceptors (Lipinski definition) is 4. The molecule has 0 amide bonds. The second-order valence-corrected chi connectivity index (χ2v) is 7.27. The minimum Gasteiger partial charge on any atom is -0.354 e. The molecule has 2 aromatic heterocycles. The molecule has 0 aliphatic carbocycles. The van der Waals surface area contributed by atoms with Gasteiger partial charge in [-0.15, -0.1) is 23.7 Å². The molecule has 0 saturated carbocycles. The maximum absolute atomic E-state index is 5.05. The van der Waals surface area contributed by atoms with Crippen LogP contribution in [-0.2, 0) is 0 Å². The fourth-order valence-corrected chi connectivity index (χ4v) is 3.84. The topological polar surface area (TPSA) is 19.4 Å². The third-order valence-electron chi connectivity index (χ3n) is 4.54. The van der Waals surface area contributed by atoms with Crippen LogP contribution in [0.25, 0.3) is 21.3 Å². The highest BCUT2D eigenvalue weighted by Gasteiger charge is 2.19. The highest BCUT2D eigenvalue weighted by Crippen LogP contribution is 2.32. The van der Waals surface area contributed by atoms with E-state index in [2.05, 4.69) is 65.5 Å². The molecule has 0 spiro atoms. The van der Waals surface area contributed by atoms with Crippen molar-refractivity contribution in [3.8, 4) is 10.6 Å². The summed E-state index contributed by atoms with van der Waals surface area (Å²) < 4.78 is 0. The first-order valence-corrected chi connectivity index (χ1v) is 8.97. The monoisotopic (exact) mass is 359 g/mol. The van der Waals surface area contributed by atoms with Gasteiger partial charge in [-0.1, -0.05) is 23.8 Å². The zero-order valence-corrected chi connectivity index (χ0v) is 15.7. The standard InChI is InChI=1S/C19H21N3S.ClH/c1-14-5-6-15-13-17(18-4-3-11-23-18)20-19(16(15)12-14)22-9-7-21(2)8-10-22;/h3-6,11-13H,7-10H2,1-2H3;1H. The first-order chi connectivity index (χ1) is 11.2. The van der Waals surface area contributed by atoms with Crippen LogP contribution >= 0.6 is 23.7 Å². The number of thiophene rings is 1. The smallest absolute Gasteiger partial charge is 0.137 e. The lowest BCUT2D eigenvalue weighted by Gasteiger charge is -2.34. The van der Waals surface area contributed by atoms with Crippen molar-refractivity contribution in [2.24, 2.45) is 0 Å². The van der Waals surface area contributed by atoms with E-state index in [9.17, 15) is 0 Å². The largest absolute Gasteiger partial charge is 0.354 e. The number of piperazine rings is 1. The van der Waals surface area contributed by atoms with Gasteiger partial charge in [0.05, 0.1) is 10.6 Å². The summed E-state index contributed by atoms with van der Waals surface area (Å²) >= 11 is 1.75. The van der Waals surface area contributed by atoms with E-state index >= 15 is 0 Å². The molecule has 3 nitrogen and oxygen atoms in total. The number of anilines is 1. The van der Waals surface area contributed by atoms with Crippen molar-refractivity contribution in [2.45, 2.75) is 6.92 Å². The molecule has 1 aromatic carbocycles. The summed E-state index contributed by atoms with van der Waals surface area (Å²) in [5.41, 5.74) is 2.38. The molecule has 0 radical (unpaired) electrons. The molecule has 0 atom stereocenters. The van der Waals surface area contributed by atoms with Crippen LogP contribution in [0, 0.1) is 6.92 Å². The Balaban J connectivity index is 0.00000169. The summed E-state index contributed by atoms with van der Waals surface area (Å²) in [5.74, 6) is 1.14. The van der Waals surface area contributed by atoms with Crippen LogP contribution in [0.1, 0.15) is 5.56 Å². The van der Waals surface area contributed by atoms with Crippen molar-refractivity contribution in [1.82, 2.24) is 9.88 Å². The second kappa shape index (κ2) is 7.09. The number of benzene rings is 1. The molecule has 126 valence electrons. The van der Waals surface area contributed by atoms with Gasteiger partial charge in [-0.3, -0.25) is 0 Å². The molecule has 1 aliphatic heterocycles. The Morgan fingerprint density at radius 1 is 1.04 bits per heavy atom. The predicted molar refractivity (Wildman–Crippen MR) is 107 cm³/mol. The first kappa shape index (κ1) is 17.2. The molecule has 0 unspecified atom stereocenters. The summed E-state index contributed by atoms with van der Waals surface area (Å²) in [6.07, 6.45) is 0. The maximum atomic E-state index is 5.05. The minimum absolute atomic E-state index is 0. The van der Waals surface area contributed by atoms with Gasteiger partial charge in [0.1, 0.15) is 5.82 Å². The molecule has 1 fully saturated rings. The zero-order valence-electron chi connectivity index (χ0n) is 14.0. The first-order valence-electron chi connectivity index (χ1n) is 8.09. The summed E-state index contributed by atoms with van der Waals surface area (Å²) in [6, 6.07) is 13.2. The summed E-state index contributed by atoms with van der Waals surface area (Å²) in [5, 5.41) is 4.67. The number of aromatic nitrogens is 1. The van der Waals surface area contributed by atoms with E-state index in [4.69, 9.17) is 4.98 Å². The van der Waals surface area contributed by atoms with Crippen LogP contribution in [-0.4, -0.2) is 43.1 Å². The van der Waals surface area contributed by atoms with Crippen LogP contribution in [0.2, 0.25) is 0 Å². The van der Waals surface area contributed by atoms with Gasteiger partial charge in [-0.2, -0.15) is 0 Å². The van der Waals surface area contributed by atoms with Gasteiger partial charge in [0.2, 0.25) is 0 Å². The Hall–Kier alpha value is -1.62. The Morgan fingerprint density at radius 3 is 2.54 bits per heavy atom. The Morgan fingerprint density at radius 2 is 1.83 bits per heavy atom. The second-order valence-electron chi connectivity index (χ2n) is 6.32. The molecule has 5 heteroatoms. The molecule has 24 heavy (non-hydrogen) atoms. The summed E-state index contributed by atoms with van der Waals surface area (Å²) in [7, 11) is 2.19. The summed E-state index contributed by atoms with van der Waals surface area (Å²) in [6.45, 7) is 6.43. The average Bonchev–Trinajstić information content (AvgIpc) is 3.09. The number of halogens is 1. The molecule has 4 rings (SSSR count). The predicted octanol–water partition coefficient (Wildman–Crippen LogP) is 4.45. The van der Waals surface area contributed by atoms with E-state index in [0.29, 0.717) is 0 Å². The Kier molecular flexibility index (Phi) is 5.09. The Bertz CT molecular complexity index is 824. The molecular weight excluding hydrogens is 338 g/mol. The van der Waals surface area contributed by atoms with Crippen LogP contribution in [0.5, 0.6) is 0 Å². The van der Waals surface area contributed by atoms with Crippen molar-refractivity contribution in [3.05, 3.63) is 47.3 Å². The van der Waals surface area contributed by atoms with Gasteiger partial charge in [0.25, 0.3) is 0 Å². The number of nitrogens with zero attached hydrogens (tertiary/aromatic N) is 3. The number of hydrogen-bond donors (Lipinski definition) is 0. The minimum atomic E-state index is 0. The number of rotatable bonds is 2. The van der Waals surface area contributed by atoms with E-state index in [-0.39, 0.29) is 12.4 Å². The molecule has 3 aromatic rings. The Labute approximate surface area is 153 Å². The fraction of sp³-hybridized carbons (Fsp3) is 0.316. The van der Waals surface area contributed by atoms with E-state index in [1.165, 1.54) is 21.2 Å². The van der Waals surface area contributed by atoms with Gasteiger partial charge in [-0.05, 0) is 42.9 Å². The van der Waals surface area contributed by atoms with E-state index in [1.54, 1.807) is 11.3 Å². The zero-order chi connectivity index (χ0) is 15.8. The van der Waals surface area contributed by atoms with E-state index in [0.717, 1.165) is 37.7 Å². The van der Waals surface area contributed by atoms with Gasteiger partial charge in [0, 0.05) is 31.6 Å². The lowest BCUT2D eigenvalue weighted by Crippen LogP contribution is -2.44. The molecule has 0 bridgehead atoms. The third kappa shape index (κ3) is 3.27. The molecule has 0 N–H and O–H groups in total. The van der Waals surface area contributed by atoms with E-state index in [1.807, 2.05) is 0 Å². The highest BCUT2D eigenvalue weighted by molar-refractivity contribution is 7.13. The van der Waals surface area contributed by atoms with Crippen molar-refractivity contribution < 1.29 is 0 Å². The maximum Gasteiger partial charge on any atom is 0.137 e. The molecular formula is C19H22ClN3S. The number of fused-ring (bicyclic) bond motifs is 1. The van der Waals surface area contributed by atoms with Crippen molar-refractivity contribution >= 4 is 40.3 Å². The van der Waals surface area contributed by atoms with Crippen LogP contribution in [0.15, 0.2) is 41.8 Å². The van der Waals surface area contributed by atoms with Crippen molar-refractivity contribution in [2.75, 3.05) is 38.1 Å². The van der Waals surface area contributed by atoms with Crippen LogP contribution in [0.4, 0.5) is 5.82 Å². The lowest BCUT2D eigenvalue weighted by molar-refractivity contribution is 0.312. The number of likely N-dealkylation sites (N-methyl/N-ethyl adjacent to an activating group) is 1. The third-order valence-corrected chi connectivity index (χ3v) is 5.44. The van der Waals surface area contributed by atoms with E-state index < -0.39 is 0 Å². The SMILES string of the molecule is Cc1ccc2cc(-c3cccs3)nc(N3CCN(C)CC3)c2c1.Cl. The van der Waals surface area contributed by atoms with Gasteiger partial charge in [-0.25, -0.2) is 4.98 Å². The number of aryl methyl sites for hydroxylation is 1.